The third kappa shape index (κ3) is 6.78. The molecule has 0 aromatic heterocycles. The summed E-state index contributed by atoms with van der Waals surface area (Å²) in [5, 5.41) is 23.1. The predicted octanol–water partition coefficient (Wildman–Crippen LogP) is 5.06. The lowest BCUT2D eigenvalue weighted by Gasteiger charge is -2.18. The zero-order chi connectivity index (χ0) is 23.8. The fraction of sp³-hybridized carbons (Fsp3) is 0.269. The number of aliphatic hydroxyl groups is 1. The molecule has 1 unspecified atom stereocenters. The van der Waals surface area contributed by atoms with Gasteiger partial charge in [-0.25, -0.2) is 4.39 Å². The number of hydrogen-bond donors (Lipinski definition) is 3. The van der Waals surface area contributed by atoms with Gasteiger partial charge in [0.15, 0.2) is 0 Å². The molecule has 0 aliphatic rings. The quantitative estimate of drug-likeness (QED) is 0.352. The van der Waals surface area contributed by atoms with Crippen molar-refractivity contribution in [2.24, 2.45) is 5.92 Å². The Hall–Kier alpha value is -3.42. The first-order valence-corrected chi connectivity index (χ1v) is 10.7. The third-order valence-electron chi connectivity index (χ3n) is 5.39. The van der Waals surface area contributed by atoms with Crippen LogP contribution in [0, 0.1) is 11.7 Å². The zero-order valence-corrected chi connectivity index (χ0v) is 18.6. The molecular weight excluding hydrogens is 425 g/mol. The number of hydrogen-bond acceptors (Lipinski definition) is 5. The molecule has 3 N–H and O–H groups in total. The van der Waals surface area contributed by atoms with Crippen LogP contribution >= 0.6 is 0 Å². The van der Waals surface area contributed by atoms with Gasteiger partial charge in [0, 0.05) is 12.1 Å². The highest BCUT2D eigenvalue weighted by molar-refractivity contribution is 5.70. The molecule has 0 saturated heterocycles. The van der Waals surface area contributed by atoms with Crippen LogP contribution in [0.1, 0.15) is 36.3 Å². The van der Waals surface area contributed by atoms with Crippen molar-refractivity contribution in [2.45, 2.75) is 32.5 Å². The summed E-state index contributed by atoms with van der Waals surface area (Å²) in [7, 11) is 1.52. The highest BCUT2D eigenvalue weighted by Crippen LogP contribution is 2.27. The maximum atomic E-state index is 13.0. The van der Waals surface area contributed by atoms with Crippen molar-refractivity contribution in [1.29, 1.82) is 0 Å². The van der Waals surface area contributed by atoms with Crippen molar-refractivity contribution in [2.75, 3.05) is 7.11 Å². The van der Waals surface area contributed by atoms with Crippen molar-refractivity contribution in [3.8, 4) is 17.2 Å². The number of methoxy groups -OCH3 is 1. The molecule has 0 spiro atoms. The minimum absolute atomic E-state index is 0.323. The zero-order valence-electron chi connectivity index (χ0n) is 18.6. The highest BCUT2D eigenvalue weighted by Gasteiger charge is 2.19. The Kier molecular flexibility index (Phi) is 8.40. The molecule has 3 aromatic rings. The Balaban J connectivity index is 1.63. The molecule has 0 aliphatic heterocycles. The van der Waals surface area contributed by atoms with E-state index in [1.165, 1.54) is 19.2 Å². The molecule has 7 heteroatoms. The van der Waals surface area contributed by atoms with E-state index >= 15 is 0 Å². The number of ether oxygens (including phenoxy) is 2. The average Bonchev–Trinajstić information content (AvgIpc) is 2.83. The Morgan fingerprint density at radius 3 is 2.18 bits per heavy atom. The molecule has 0 radical (unpaired) electrons. The Morgan fingerprint density at radius 1 is 1.00 bits per heavy atom. The van der Waals surface area contributed by atoms with E-state index in [1.54, 1.807) is 36.4 Å². The lowest BCUT2D eigenvalue weighted by Crippen LogP contribution is -2.21. The summed E-state index contributed by atoms with van der Waals surface area (Å²) in [5.74, 6) is 0.0381. The predicted molar refractivity (Wildman–Crippen MR) is 123 cm³/mol. The van der Waals surface area contributed by atoms with Crippen molar-refractivity contribution in [3.05, 3.63) is 89.2 Å². The number of carbonyl (C=O) groups is 1. The van der Waals surface area contributed by atoms with E-state index in [1.807, 2.05) is 25.1 Å². The minimum atomic E-state index is -1.00. The first kappa shape index (κ1) is 24.2. The van der Waals surface area contributed by atoms with Crippen molar-refractivity contribution in [1.82, 2.24) is 5.32 Å². The number of aliphatic hydroxyl groups excluding tert-OH is 1. The van der Waals surface area contributed by atoms with Gasteiger partial charge in [0.25, 0.3) is 0 Å². The fourth-order valence-corrected chi connectivity index (χ4v) is 3.45. The summed E-state index contributed by atoms with van der Waals surface area (Å²) in [6.45, 7) is 2.23. The van der Waals surface area contributed by atoms with Crippen LogP contribution in [0.2, 0.25) is 0 Å². The van der Waals surface area contributed by atoms with E-state index in [-0.39, 0.29) is 5.82 Å². The van der Waals surface area contributed by atoms with Gasteiger partial charge in [-0.1, -0.05) is 25.1 Å². The standard InChI is InChI=1S/C26H28FNO5/c1-3-19(26(30)31)14-18-6-13-24(32-2)23(15-18)25(29)28-16-17-4-9-21(10-5-17)33-22-11-7-20(27)8-12-22/h4-13,15,19,25,28-29H,3,14,16H2,1-2H3,(H,30,31)/t19-,25?/m0/s1. The van der Waals surface area contributed by atoms with Crippen LogP contribution in [0.5, 0.6) is 17.2 Å². The Morgan fingerprint density at radius 2 is 1.61 bits per heavy atom. The highest BCUT2D eigenvalue weighted by atomic mass is 19.1. The Bertz CT molecular complexity index is 1050. The molecular formula is C26H28FNO5. The maximum absolute atomic E-state index is 13.0. The molecule has 0 fully saturated rings. The summed E-state index contributed by atoms with van der Waals surface area (Å²) in [5.41, 5.74) is 2.29. The van der Waals surface area contributed by atoms with E-state index in [0.717, 1.165) is 11.1 Å². The third-order valence-corrected chi connectivity index (χ3v) is 5.39. The molecule has 33 heavy (non-hydrogen) atoms. The lowest BCUT2D eigenvalue weighted by molar-refractivity contribution is -0.141. The van der Waals surface area contributed by atoms with Crippen LogP contribution in [0.25, 0.3) is 0 Å². The van der Waals surface area contributed by atoms with Crippen molar-refractivity contribution < 1.29 is 28.9 Å². The fourth-order valence-electron chi connectivity index (χ4n) is 3.45. The van der Waals surface area contributed by atoms with Crippen LogP contribution in [-0.2, 0) is 17.8 Å². The minimum Gasteiger partial charge on any atom is -0.496 e. The van der Waals surface area contributed by atoms with E-state index in [2.05, 4.69) is 5.32 Å². The number of aliphatic carboxylic acids is 1. The average molecular weight is 454 g/mol. The second kappa shape index (κ2) is 11.4. The number of halogens is 1. The van der Waals surface area contributed by atoms with Gasteiger partial charge < -0.3 is 19.7 Å². The van der Waals surface area contributed by atoms with Gasteiger partial charge in [-0.15, -0.1) is 0 Å². The van der Waals surface area contributed by atoms with Crippen LogP contribution in [0.3, 0.4) is 0 Å². The Labute approximate surface area is 192 Å². The van der Waals surface area contributed by atoms with Crippen molar-refractivity contribution in [3.63, 3.8) is 0 Å². The molecule has 0 heterocycles. The first-order valence-electron chi connectivity index (χ1n) is 10.7. The monoisotopic (exact) mass is 453 g/mol. The molecule has 3 aromatic carbocycles. The second-order valence-electron chi connectivity index (χ2n) is 7.71. The summed E-state index contributed by atoms with van der Waals surface area (Å²) >= 11 is 0. The molecule has 3 rings (SSSR count). The van der Waals surface area contributed by atoms with E-state index in [9.17, 15) is 19.4 Å². The van der Waals surface area contributed by atoms with Gasteiger partial charge in [0.1, 0.15) is 29.3 Å². The van der Waals surface area contributed by atoms with Crippen LogP contribution in [0.4, 0.5) is 4.39 Å². The molecule has 2 atom stereocenters. The van der Waals surface area contributed by atoms with Gasteiger partial charge in [0.05, 0.1) is 13.0 Å². The molecule has 0 bridgehead atoms. The number of rotatable bonds is 11. The summed E-state index contributed by atoms with van der Waals surface area (Å²) in [6, 6.07) is 18.5. The van der Waals surface area contributed by atoms with Crippen LogP contribution in [0.15, 0.2) is 66.7 Å². The summed E-state index contributed by atoms with van der Waals surface area (Å²) < 4.78 is 24.1. The largest absolute Gasteiger partial charge is 0.496 e. The summed E-state index contributed by atoms with van der Waals surface area (Å²) in [6.07, 6.45) is -0.0939. The van der Waals surface area contributed by atoms with E-state index < -0.39 is 18.1 Å². The lowest BCUT2D eigenvalue weighted by atomic mass is 9.95. The van der Waals surface area contributed by atoms with E-state index in [4.69, 9.17) is 9.47 Å². The molecule has 0 amide bonds. The number of carboxylic acids is 1. The smallest absolute Gasteiger partial charge is 0.306 e. The van der Waals surface area contributed by atoms with Gasteiger partial charge in [-0.05, 0) is 72.5 Å². The van der Waals surface area contributed by atoms with Gasteiger partial charge in [-0.2, -0.15) is 0 Å². The van der Waals surface area contributed by atoms with Gasteiger partial charge >= 0.3 is 5.97 Å². The van der Waals surface area contributed by atoms with Gasteiger partial charge in [-0.3, -0.25) is 10.1 Å². The normalized spacial score (nSPS) is 12.7. The molecule has 174 valence electrons. The topological polar surface area (TPSA) is 88.0 Å². The number of benzene rings is 3. The molecule has 0 saturated carbocycles. The summed E-state index contributed by atoms with van der Waals surface area (Å²) in [4.78, 5) is 11.4. The number of nitrogens with one attached hydrogen (secondary N) is 1. The van der Waals surface area contributed by atoms with Crippen LogP contribution in [-0.4, -0.2) is 23.3 Å². The van der Waals surface area contributed by atoms with Gasteiger partial charge in [0.2, 0.25) is 0 Å². The van der Waals surface area contributed by atoms with E-state index in [0.29, 0.717) is 42.2 Å². The SMILES string of the molecule is CC[C@@H](Cc1ccc(OC)c(C(O)NCc2ccc(Oc3ccc(F)cc3)cc2)c1)C(=O)O. The second-order valence-corrected chi connectivity index (χ2v) is 7.71. The van der Waals surface area contributed by atoms with Crippen LogP contribution < -0.4 is 14.8 Å². The number of carboxylic acid groups (broad SMARTS) is 1. The molecule has 0 aliphatic carbocycles. The molecule has 6 nitrogen and oxygen atoms in total. The maximum Gasteiger partial charge on any atom is 0.306 e. The first-order chi connectivity index (χ1) is 15.9. The van der Waals surface area contributed by atoms with Crippen molar-refractivity contribution >= 4 is 5.97 Å².